The number of nitrogens with two attached hydrogens (primary N) is 1. The van der Waals surface area contributed by atoms with Crippen LogP contribution in [0.2, 0.25) is 0 Å². The summed E-state index contributed by atoms with van der Waals surface area (Å²) in [4.78, 5) is 13.6. The van der Waals surface area contributed by atoms with E-state index < -0.39 is 0 Å². The molecule has 0 amide bonds. The number of fused-ring (bicyclic) bond motifs is 1. The molecule has 0 spiro atoms. The highest BCUT2D eigenvalue weighted by Crippen LogP contribution is 2.26. The van der Waals surface area contributed by atoms with Gasteiger partial charge in [-0.15, -0.1) is 0 Å². The zero-order valence-electron chi connectivity index (χ0n) is 17.8. The molecule has 2 heterocycles. The van der Waals surface area contributed by atoms with Crippen LogP contribution in [-0.4, -0.2) is 14.3 Å². The minimum absolute atomic E-state index is 0.0530. The quantitative estimate of drug-likeness (QED) is 0.388. The van der Waals surface area contributed by atoms with Crippen LogP contribution >= 0.6 is 11.9 Å². The van der Waals surface area contributed by atoms with Crippen molar-refractivity contribution < 1.29 is 0 Å². The number of nitrogens with zero attached hydrogens (tertiary/aromatic N) is 3. The van der Waals surface area contributed by atoms with E-state index in [0.29, 0.717) is 10.9 Å². The topological polar surface area (TPSA) is 65.8 Å². The molecule has 2 aromatic heterocycles. The molecule has 0 aliphatic rings. The first-order chi connectivity index (χ1) is 15.0. The van der Waals surface area contributed by atoms with Crippen LogP contribution in [0.15, 0.2) is 65.6 Å². The SMILES string of the molecule is CCc1cc2cccc(C#Cc3cnn(C)c3C(C)SN)c2c(=O)n1-c1ccccc1. The van der Waals surface area contributed by atoms with E-state index in [0.717, 1.165) is 34.4 Å². The monoisotopic (exact) mass is 428 g/mol. The molecule has 2 N–H and O–H groups in total. The number of para-hydroxylation sites is 1. The van der Waals surface area contributed by atoms with Gasteiger partial charge in [-0.1, -0.05) is 61.0 Å². The highest BCUT2D eigenvalue weighted by atomic mass is 32.2. The fraction of sp³-hybridized carbons (Fsp3) is 0.200. The van der Waals surface area contributed by atoms with Crippen molar-refractivity contribution in [3.8, 4) is 17.5 Å². The van der Waals surface area contributed by atoms with Crippen LogP contribution in [-0.2, 0) is 13.5 Å². The fourth-order valence-electron chi connectivity index (χ4n) is 3.86. The number of aryl methyl sites for hydroxylation is 2. The van der Waals surface area contributed by atoms with Crippen molar-refractivity contribution in [2.24, 2.45) is 12.2 Å². The lowest BCUT2D eigenvalue weighted by atomic mass is 10.0. The molecular formula is C25H24N4OS. The molecule has 0 fully saturated rings. The predicted octanol–water partition coefficient (Wildman–Crippen LogP) is 4.35. The van der Waals surface area contributed by atoms with E-state index in [4.69, 9.17) is 5.14 Å². The summed E-state index contributed by atoms with van der Waals surface area (Å²) in [6, 6.07) is 17.6. The maximum Gasteiger partial charge on any atom is 0.264 e. The summed E-state index contributed by atoms with van der Waals surface area (Å²) in [7, 11) is 1.88. The van der Waals surface area contributed by atoms with Gasteiger partial charge in [0.05, 0.1) is 28.1 Å². The Morgan fingerprint density at radius 1 is 1.10 bits per heavy atom. The maximum absolute atomic E-state index is 13.6. The fourth-order valence-corrected chi connectivity index (χ4v) is 4.27. The summed E-state index contributed by atoms with van der Waals surface area (Å²) >= 11 is 1.26. The molecule has 6 heteroatoms. The Kier molecular flexibility index (Phi) is 5.99. The van der Waals surface area contributed by atoms with Crippen molar-refractivity contribution >= 4 is 22.7 Å². The Labute approximate surface area is 186 Å². The number of pyridine rings is 1. The van der Waals surface area contributed by atoms with Gasteiger partial charge in [-0.3, -0.25) is 19.2 Å². The minimum atomic E-state index is -0.0530. The molecule has 1 atom stereocenters. The van der Waals surface area contributed by atoms with Gasteiger partial charge >= 0.3 is 0 Å². The Balaban J connectivity index is 1.93. The third-order valence-electron chi connectivity index (χ3n) is 5.41. The number of hydrogen-bond acceptors (Lipinski definition) is 4. The van der Waals surface area contributed by atoms with E-state index in [1.54, 1.807) is 15.4 Å². The third kappa shape index (κ3) is 3.90. The van der Waals surface area contributed by atoms with Gasteiger partial charge in [0.15, 0.2) is 0 Å². The van der Waals surface area contributed by atoms with Gasteiger partial charge in [0.1, 0.15) is 0 Å². The lowest BCUT2D eigenvalue weighted by Gasteiger charge is -2.14. The Bertz CT molecular complexity index is 1360. The summed E-state index contributed by atoms with van der Waals surface area (Å²) in [6.45, 7) is 4.08. The van der Waals surface area contributed by atoms with E-state index in [2.05, 4.69) is 29.9 Å². The maximum atomic E-state index is 13.6. The first-order valence-corrected chi connectivity index (χ1v) is 11.1. The molecule has 156 valence electrons. The van der Waals surface area contributed by atoms with Crippen LogP contribution in [0.25, 0.3) is 16.5 Å². The van der Waals surface area contributed by atoms with Gasteiger partial charge in [0.2, 0.25) is 0 Å². The molecule has 5 nitrogen and oxygen atoms in total. The van der Waals surface area contributed by atoms with Crippen LogP contribution in [0, 0.1) is 11.8 Å². The van der Waals surface area contributed by atoms with Gasteiger partial charge in [0, 0.05) is 24.0 Å². The number of rotatable bonds is 4. The molecule has 2 aromatic carbocycles. The van der Waals surface area contributed by atoms with Crippen LogP contribution < -0.4 is 10.7 Å². The van der Waals surface area contributed by atoms with Crippen molar-refractivity contribution in [3.05, 3.63) is 93.7 Å². The molecule has 0 aliphatic heterocycles. The van der Waals surface area contributed by atoms with E-state index in [1.165, 1.54) is 11.9 Å². The molecule has 0 saturated carbocycles. The second-order valence-electron chi connectivity index (χ2n) is 7.33. The summed E-state index contributed by atoms with van der Waals surface area (Å²) in [6.07, 6.45) is 2.50. The van der Waals surface area contributed by atoms with Crippen molar-refractivity contribution in [2.45, 2.75) is 25.5 Å². The van der Waals surface area contributed by atoms with Crippen molar-refractivity contribution in [1.29, 1.82) is 0 Å². The second kappa shape index (κ2) is 8.84. The van der Waals surface area contributed by atoms with Gasteiger partial charge in [0.25, 0.3) is 5.56 Å². The molecule has 31 heavy (non-hydrogen) atoms. The molecule has 4 rings (SSSR count). The van der Waals surface area contributed by atoms with Gasteiger partial charge < -0.3 is 0 Å². The van der Waals surface area contributed by atoms with Gasteiger partial charge in [-0.25, -0.2) is 0 Å². The predicted molar refractivity (Wildman–Crippen MR) is 128 cm³/mol. The molecule has 0 radical (unpaired) electrons. The zero-order valence-corrected chi connectivity index (χ0v) is 18.6. The lowest BCUT2D eigenvalue weighted by Crippen LogP contribution is -2.22. The van der Waals surface area contributed by atoms with Gasteiger partial charge in [-0.2, -0.15) is 5.10 Å². The van der Waals surface area contributed by atoms with Crippen molar-refractivity contribution in [2.75, 3.05) is 0 Å². The van der Waals surface area contributed by atoms with E-state index in [9.17, 15) is 4.79 Å². The normalized spacial score (nSPS) is 11.9. The van der Waals surface area contributed by atoms with Crippen molar-refractivity contribution in [1.82, 2.24) is 14.3 Å². The van der Waals surface area contributed by atoms with Crippen LogP contribution in [0.3, 0.4) is 0 Å². The molecule has 0 aliphatic carbocycles. The molecule has 4 aromatic rings. The summed E-state index contributed by atoms with van der Waals surface area (Å²) < 4.78 is 3.59. The van der Waals surface area contributed by atoms with E-state index in [1.807, 2.05) is 62.5 Å². The van der Waals surface area contributed by atoms with Crippen molar-refractivity contribution in [3.63, 3.8) is 0 Å². The molecule has 1 unspecified atom stereocenters. The summed E-state index contributed by atoms with van der Waals surface area (Å²) in [5.74, 6) is 6.45. The smallest absolute Gasteiger partial charge is 0.264 e. The second-order valence-corrected chi connectivity index (χ2v) is 8.31. The van der Waals surface area contributed by atoms with E-state index in [-0.39, 0.29) is 10.8 Å². The van der Waals surface area contributed by atoms with E-state index >= 15 is 0 Å². The molecular weight excluding hydrogens is 404 g/mol. The molecule has 0 saturated heterocycles. The Morgan fingerprint density at radius 2 is 1.84 bits per heavy atom. The number of benzene rings is 2. The first kappa shape index (κ1) is 21.0. The number of hydrogen-bond donors (Lipinski definition) is 1. The number of aromatic nitrogens is 3. The third-order valence-corrected chi connectivity index (χ3v) is 6.04. The largest absolute Gasteiger partial charge is 0.281 e. The Hall–Kier alpha value is -3.27. The average molecular weight is 429 g/mol. The van der Waals surface area contributed by atoms with Crippen LogP contribution in [0.1, 0.15) is 41.6 Å². The molecule has 0 bridgehead atoms. The summed E-state index contributed by atoms with van der Waals surface area (Å²) in [5.41, 5.74) is 4.27. The van der Waals surface area contributed by atoms with Crippen LogP contribution in [0.5, 0.6) is 0 Å². The van der Waals surface area contributed by atoms with Gasteiger partial charge in [-0.05, 0) is 43.0 Å². The van der Waals surface area contributed by atoms with Crippen LogP contribution in [0.4, 0.5) is 0 Å². The summed E-state index contributed by atoms with van der Waals surface area (Å²) in [5, 5.41) is 11.7. The average Bonchev–Trinajstić information content (AvgIpc) is 3.17. The zero-order chi connectivity index (χ0) is 22.0. The highest BCUT2D eigenvalue weighted by molar-refractivity contribution is 7.97. The highest BCUT2D eigenvalue weighted by Gasteiger charge is 2.15. The standard InChI is InChI=1S/C25H24N4OS/c1-4-21-15-19-10-8-9-18(13-14-20-16-27-28(3)24(20)17(2)31-26)23(19)25(30)29(21)22-11-6-5-7-12-22/h5-12,15-17H,4,26H2,1-3H3. The Morgan fingerprint density at radius 3 is 2.55 bits per heavy atom. The minimum Gasteiger partial charge on any atom is -0.281 e. The first-order valence-electron chi connectivity index (χ1n) is 10.2. The lowest BCUT2D eigenvalue weighted by molar-refractivity contribution is 0.713.